The first-order valence-corrected chi connectivity index (χ1v) is 14.1. The van der Waals surface area contributed by atoms with Gasteiger partial charge in [0.15, 0.2) is 12.1 Å². The number of carbonyl (C=O) groups excluding carboxylic acids is 2. The van der Waals surface area contributed by atoms with Crippen LogP contribution in [0.1, 0.15) is 74.6 Å². The highest BCUT2D eigenvalue weighted by Gasteiger charge is 2.21. The van der Waals surface area contributed by atoms with Crippen LogP contribution in [0.5, 0.6) is 0 Å². The molecule has 0 aliphatic carbocycles. The normalized spacial score (nSPS) is 14.0. The van der Waals surface area contributed by atoms with Crippen LogP contribution >= 0.6 is 0 Å². The monoisotopic (exact) mass is 534 g/mol. The molecule has 0 atom stereocenters. The van der Waals surface area contributed by atoms with Crippen molar-refractivity contribution in [2.45, 2.75) is 66.7 Å². The molecular formula is C31H42N4O4. The van der Waals surface area contributed by atoms with Crippen molar-refractivity contribution in [2.75, 3.05) is 31.6 Å². The number of Topliss-reactive ketones (excluding diaryl/α,β-unsaturated/α-hetero) is 1. The Bertz CT molecular complexity index is 1250. The van der Waals surface area contributed by atoms with Gasteiger partial charge in [0.1, 0.15) is 0 Å². The lowest BCUT2D eigenvalue weighted by Crippen LogP contribution is -2.34. The average Bonchev–Trinajstić information content (AvgIpc) is 3.54. The van der Waals surface area contributed by atoms with E-state index in [1.807, 2.05) is 35.2 Å². The van der Waals surface area contributed by atoms with E-state index in [4.69, 9.17) is 14.5 Å². The first kappa shape index (κ1) is 28.8. The van der Waals surface area contributed by atoms with E-state index >= 15 is 0 Å². The van der Waals surface area contributed by atoms with E-state index in [1.165, 1.54) is 0 Å². The zero-order valence-electron chi connectivity index (χ0n) is 23.9. The highest BCUT2D eigenvalue weighted by Crippen LogP contribution is 2.26. The summed E-state index contributed by atoms with van der Waals surface area (Å²) < 4.78 is 13.4. The predicted octanol–water partition coefficient (Wildman–Crippen LogP) is 6.28. The summed E-state index contributed by atoms with van der Waals surface area (Å²) in [6.45, 7) is 13.6. The number of benzene rings is 2. The molecule has 0 spiro atoms. The van der Waals surface area contributed by atoms with E-state index in [9.17, 15) is 9.59 Å². The van der Waals surface area contributed by atoms with Gasteiger partial charge in [0.25, 0.3) is 5.91 Å². The van der Waals surface area contributed by atoms with Crippen LogP contribution in [0.15, 0.2) is 42.5 Å². The molecule has 1 N–H and O–H groups in total. The van der Waals surface area contributed by atoms with Gasteiger partial charge in [-0.05, 0) is 74.1 Å². The minimum atomic E-state index is -0.252. The van der Waals surface area contributed by atoms with E-state index in [1.54, 1.807) is 19.1 Å². The summed E-state index contributed by atoms with van der Waals surface area (Å²) in [6, 6.07) is 13.1. The number of aromatic nitrogens is 2. The SMILES string of the molecule is CC(=O)c1ccc(Nc2nc3ccc(C(=O)N(CCC(C)C)CCC(C)C)cc3n2CCC2OCCO2)cc1. The van der Waals surface area contributed by atoms with Crippen LogP contribution < -0.4 is 5.32 Å². The number of ether oxygens (including phenoxy) is 2. The van der Waals surface area contributed by atoms with E-state index in [0.29, 0.717) is 55.1 Å². The number of hydrogen-bond acceptors (Lipinski definition) is 6. The number of rotatable bonds is 13. The number of amides is 1. The number of imidazole rings is 1. The topological polar surface area (TPSA) is 85.7 Å². The second kappa shape index (κ2) is 13.2. The molecule has 1 saturated heterocycles. The molecule has 4 rings (SSSR count). The Balaban J connectivity index is 1.64. The molecule has 8 nitrogen and oxygen atoms in total. The van der Waals surface area contributed by atoms with Crippen LogP contribution in [0.25, 0.3) is 11.0 Å². The number of nitrogens with zero attached hydrogens (tertiary/aromatic N) is 3. The van der Waals surface area contributed by atoms with Crippen LogP contribution in [0.3, 0.4) is 0 Å². The van der Waals surface area contributed by atoms with Gasteiger partial charge < -0.3 is 24.3 Å². The van der Waals surface area contributed by atoms with Crippen LogP contribution in [0, 0.1) is 11.8 Å². The minimum Gasteiger partial charge on any atom is -0.350 e. The molecular weight excluding hydrogens is 492 g/mol. The van der Waals surface area contributed by atoms with Gasteiger partial charge >= 0.3 is 0 Å². The molecule has 1 aromatic heterocycles. The first-order valence-electron chi connectivity index (χ1n) is 14.1. The van der Waals surface area contributed by atoms with Crippen molar-refractivity contribution < 1.29 is 19.1 Å². The van der Waals surface area contributed by atoms with Crippen molar-refractivity contribution in [3.05, 3.63) is 53.6 Å². The Morgan fingerprint density at radius 1 is 0.974 bits per heavy atom. The molecule has 39 heavy (non-hydrogen) atoms. The van der Waals surface area contributed by atoms with Gasteiger partial charge in [-0.3, -0.25) is 9.59 Å². The van der Waals surface area contributed by atoms with Gasteiger partial charge in [0, 0.05) is 42.9 Å². The fourth-order valence-corrected chi connectivity index (χ4v) is 4.63. The average molecular weight is 535 g/mol. The predicted molar refractivity (Wildman–Crippen MR) is 155 cm³/mol. The van der Waals surface area contributed by atoms with Crippen molar-refractivity contribution in [3.63, 3.8) is 0 Å². The number of carbonyl (C=O) groups is 2. The van der Waals surface area contributed by atoms with Crippen LogP contribution in [0.2, 0.25) is 0 Å². The van der Waals surface area contributed by atoms with Crippen molar-refractivity contribution in [1.29, 1.82) is 0 Å². The summed E-state index contributed by atoms with van der Waals surface area (Å²) >= 11 is 0. The van der Waals surface area contributed by atoms with Crippen molar-refractivity contribution in [3.8, 4) is 0 Å². The zero-order chi connectivity index (χ0) is 27.9. The molecule has 0 radical (unpaired) electrons. The van der Waals surface area contributed by atoms with Gasteiger partial charge in [-0.15, -0.1) is 0 Å². The molecule has 3 aromatic rings. The second-order valence-electron chi connectivity index (χ2n) is 11.2. The number of fused-ring (bicyclic) bond motifs is 1. The maximum Gasteiger partial charge on any atom is 0.253 e. The van der Waals surface area contributed by atoms with E-state index < -0.39 is 0 Å². The molecule has 1 aliphatic rings. The Hall–Kier alpha value is -3.23. The fourth-order valence-electron chi connectivity index (χ4n) is 4.63. The zero-order valence-corrected chi connectivity index (χ0v) is 23.9. The molecule has 2 aromatic carbocycles. The van der Waals surface area contributed by atoms with Crippen molar-refractivity contribution in [1.82, 2.24) is 14.5 Å². The number of hydrogen-bond donors (Lipinski definition) is 1. The standard InChI is InChI=1S/C31H42N4O4/c1-21(2)12-15-34(16-13-22(3)4)30(37)25-8-11-27-28(20-25)35(17-14-29-38-18-19-39-29)31(33-27)32-26-9-6-24(7-10-26)23(5)36/h6-11,20-22,29H,12-19H2,1-5H3,(H,32,33). The minimum absolute atomic E-state index is 0.0263. The molecule has 0 bridgehead atoms. The number of anilines is 2. The molecule has 1 fully saturated rings. The molecule has 0 saturated carbocycles. The second-order valence-corrected chi connectivity index (χ2v) is 11.2. The first-order chi connectivity index (χ1) is 18.7. The number of aryl methyl sites for hydroxylation is 1. The Labute approximate surface area is 231 Å². The maximum atomic E-state index is 13.7. The van der Waals surface area contributed by atoms with Crippen molar-refractivity contribution in [2.24, 2.45) is 11.8 Å². The lowest BCUT2D eigenvalue weighted by Gasteiger charge is -2.25. The molecule has 1 amide bonds. The van der Waals surface area contributed by atoms with Gasteiger partial charge in [-0.2, -0.15) is 0 Å². The maximum absolute atomic E-state index is 13.7. The van der Waals surface area contributed by atoms with Gasteiger partial charge in [-0.25, -0.2) is 4.98 Å². The lowest BCUT2D eigenvalue weighted by atomic mass is 10.1. The molecule has 210 valence electrons. The third-order valence-electron chi connectivity index (χ3n) is 7.06. The lowest BCUT2D eigenvalue weighted by molar-refractivity contribution is -0.0488. The van der Waals surface area contributed by atoms with Crippen LogP contribution in [-0.4, -0.2) is 58.7 Å². The summed E-state index contributed by atoms with van der Waals surface area (Å²) in [6.07, 6.45) is 2.36. The Morgan fingerprint density at radius 3 is 2.18 bits per heavy atom. The molecule has 2 heterocycles. The van der Waals surface area contributed by atoms with Gasteiger partial charge in [0.2, 0.25) is 5.95 Å². The van der Waals surface area contributed by atoms with E-state index in [0.717, 1.165) is 42.7 Å². The largest absolute Gasteiger partial charge is 0.350 e. The summed E-state index contributed by atoms with van der Waals surface area (Å²) in [5.74, 6) is 1.81. The van der Waals surface area contributed by atoms with E-state index in [2.05, 4.69) is 37.6 Å². The van der Waals surface area contributed by atoms with Gasteiger partial charge in [0.05, 0.1) is 24.2 Å². The quantitative estimate of drug-likeness (QED) is 0.260. The van der Waals surface area contributed by atoms with Crippen LogP contribution in [-0.2, 0) is 16.0 Å². The summed E-state index contributed by atoms with van der Waals surface area (Å²) in [5, 5.41) is 3.40. The smallest absolute Gasteiger partial charge is 0.253 e. The van der Waals surface area contributed by atoms with Crippen LogP contribution in [0.4, 0.5) is 11.6 Å². The molecule has 1 aliphatic heterocycles. The molecule has 0 unspecified atom stereocenters. The Morgan fingerprint density at radius 2 is 1.59 bits per heavy atom. The summed E-state index contributed by atoms with van der Waals surface area (Å²) in [7, 11) is 0. The molecule has 8 heteroatoms. The fraction of sp³-hybridized carbons (Fsp3) is 0.516. The summed E-state index contributed by atoms with van der Waals surface area (Å²) in [5.41, 5.74) is 3.84. The van der Waals surface area contributed by atoms with Crippen molar-refractivity contribution >= 4 is 34.4 Å². The van der Waals surface area contributed by atoms with E-state index in [-0.39, 0.29) is 18.0 Å². The number of ketones is 1. The summed E-state index contributed by atoms with van der Waals surface area (Å²) in [4.78, 5) is 32.2. The number of nitrogens with one attached hydrogen (secondary N) is 1. The van der Waals surface area contributed by atoms with Gasteiger partial charge in [-0.1, -0.05) is 27.7 Å². The highest BCUT2D eigenvalue weighted by atomic mass is 16.7. The third kappa shape index (κ3) is 7.67. The third-order valence-corrected chi connectivity index (χ3v) is 7.06. The highest BCUT2D eigenvalue weighted by molar-refractivity contribution is 5.98. The Kier molecular flexibility index (Phi) is 9.75.